The average Bonchev–Trinajstić information content (AvgIpc) is 2.28. The van der Waals surface area contributed by atoms with E-state index in [1.807, 2.05) is 0 Å². The van der Waals surface area contributed by atoms with Gasteiger partial charge in [-0.1, -0.05) is 0 Å². The number of nitrogens with zero attached hydrogens (tertiary/aromatic N) is 2. The minimum atomic E-state index is 0.130. The molecule has 2 N–H and O–H groups in total. The highest BCUT2D eigenvalue weighted by Gasteiger charge is 2.38. The van der Waals surface area contributed by atoms with Crippen LogP contribution in [0.4, 0.5) is 0 Å². The molecule has 1 heterocycles. The summed E-state index contributed by atoms with van der Waals surface area (Å²) in [6, 6.07) is 0.417. The molecule has 0 spiro atoms. The van der Waals surface area contributed by atoms with Crippen LogP contribution in [0.5, 0.6) is 0 Å². The number of nitrogens with two attached hydrogens (primary N) is 1. The zero-order chi connectivity index (χ0) is 12.2. The third-order valence-electron chi connectivity index (χ3n) is 3.94. The maximum absolute atomic E-state index is 6.03. The van der Waals surface area contributed by atoms with Crippen molar-refractivity contribution in [3.8, 4) is 0 Å². The lowest BCUT2D eigenvalue weighted by Gasteiger charge is -2.49. The smallest absolute Gasteiger partial charge is 0.0615 e. The van der Waals surface area contributed by atoms with Crippen molar-refractivity contribution in [2.75, 3.05) is 47.4 Å². The van der Waals surface area contributed by atoms with Gasteiger partial charge in [0.15, 0.2) is 0 Å². The number of likely N-dealkylation sites (N-methyl/N-ethyl adjacent to an activating group) is 2. The van der Waals surface area contributed by atoms with Gasteiger partial charge in [-0.15, -0.1) is 0 Å². The SMILES string of the molecule is COCC(C)N(C)C1(CN)CCCN(C)C1. The zero-order valence-electron chi connectivity index (χ0n) is 11.2. The van der Waals surface area contributed by atoms with E-state index < -0.39 is 0 Å². The predicted molar refractivity (Wildman–Crippen MR) is 67.6 cm³/mol. The van der Waals surface area contributed by atoms with Gasteiger partial charge in [-0.3, -0.25) is 4.90 Å². The lowest BCUT2D eigenvalue weighted by Crippen LogP contribution is -2.63. The van der Waals surface area contributed by atoms with Gasteiger partial charge in [0.2, 0.25) is 0 Å². The molecule has 0 radical (unpaired) electrons. The summed E-state index contributed by atoms with van der Waals surface area (Å²) in [7, 11) is 6.11. The quantitative estimate of drug-likeness (QED) is 0.740. The third-order valence-corrected chi connectivity index (χ3v) is 3.94. The summed E-state index contributed by atoms with van der Waals surface area (Å²) in [5, 5.41) is 0. The summed E-state index contributed by atoms with van der Waals surface area (Å²) in [4.78, 5) is 4.79. The van der Waals surface area contributed by atoms with Gasteiger partial charge >= 0.3 is 0 Å². The molecule has 1 rings (SSSR count). The van der Waals surface area contributed by atoms with E-state index in [9.17, 15) is 0 Å². The van der Waals surface area contributed by atoms with E-state index in [2.05, 4.69) is 30.8 Å². The molecule has 2 unspecified atom stereocenters. The number of rotatable bonds is 5. The fraction of sp³-hybridized carbons (Fsp3) is 1.00. The Bertz CT molecular complexity index is 212. The maximum atomic E-state index is 6.03. The highest BCUT2D eigenvalue weighted by atomic mass is 16.5. The monoisotopic (exact) mass is 229 g/mol. The second-order valence-electron chi connectivity index (χ2n) is 5.19. The van der Waals surface area contributed by atoms with Crippen LogP contribution in [-0.2, 0) is 4.74 Å². The molecule has 1 aliphatic heterocycles. The molecule has 0 bridgehead atoms. The van der Waals surface area contributed by atoms with Crippen molar-refractivity contribution in [2.24, 2.45) is 5.73 Å². The summed E-state index contributed by atoms with van der Waals surface area (Å²) in [5.41, 5.74) is 6.16. The Morgan fingerprint density at radius 3 is 2.75 bits per heavy atom. The molecular weight excluding hydrogens is 202 g/mol. The molecule has 96 valence electrons. The molecule has 0 saturated carbocycles. The van der Waals surface area contributed by atoms with Crippen molar-refractivity contribution in [2.45, 2.75) is 31.3 Å². The Morgan fingerprint density at radius 1 is 1.56 bits per heavy atom. The molecule has 1 aliphatic rings. The molecule has 4 heteroatoms. The van der Waals surface area contributed by atoms with Crippen LogP contribution in [0.1, 0.15) is 19.8 Å². The Kier molecular flexibility index (Phi) is 5.18. The third kappa shape index (κ3) is 2.94. The first-order valence-corrected chi connectivity index (χ1v) is 6.16. The number of hydrogen-bond donors (Lipinski definition) is 1. The van der Waals surface area contributed by atoms with Crippen LogP contribution in [0.3, 0.4) is 0 Å². The number of ether oxygens (including phenoxy) is 1. The van der Waals surface area contributed by atoms with Crippen LogP contribution in [0, 0.1) is 0 Å². The second-order valence-corrected chi connectivity index (χ2v) is 5.19. The van der Waals surface area contributed by atoms with E-state index >= 15 is 0 Å². The Hall–Kier alpha value is -0.160. The maximum Gasteiger partial charge on any atom is 0.0615 e. The molecule has 2 atom stereocenters. The minimum Gasteiger partial charge on any atom is -0.383 e. The fourth-order valence-corrected chi connectivity index (χ4v) is 2.76. The van der Waals surface area contributed by atoms with Crippen molar-refractivity contribution in [1.29, 1.82) is 0 Å². The number of methoxy groups -OCH3 is 1. The van der Waals surface area contributed by atoms with Gasteiger partial charge in [-0.2, -0.15) is 0 Å². The van der Waals surface area contributed by atoms with Gasteiger partial charge in [0.25, 0.3) is 0 Å². The van der Waals surface area contributed by atoms with Gasteiger partial charge in [-0.25, -0.2) is 0 Å². The van der Waals surface area contributed by atoms with Gasteiger partial charge in [0, 0.05) is 31.8 Å². The highest BCUT2D eigenvalue weighted by Crippen LogP contribution is 2.26. The van der Waals surface area contributed by atoms with Crippen molar-refractivity contribution in [3.63, 3.8) is 0 Å². The molecular formula is C12H27N3O. The summed E-state index contributed by atoms with van der Waals surface area (Å²) in [6.45, 7) is 5.95. The predicted octanol–water partition coefficient (Wildman–Crippen LogP) is 0.376. The number of hydrogen-bond acceptors (Lipinski definition) is 4. The molecule has 0 aliphatic carbocycles. The zero-order valence-corrected chi connectivity index (χ0v) is 11.2. The molecule has 1 saturated heterocycles. The Balaban J connectivity index is 2.70. The molecule has 1 fully saturated rings. The van der Waals surface area contributed by atoms with Crippen molar-refractivity contribution in [3.05, 3.63) is 0 Å². The van der Waals surface area contributed by atoms with Crippen LogP contribution in [0.2, 0.25) is 0 Å². The first-order chi connectivity index (χ1) is 7.55. The standard InChI is InChI=1S/C12H27N3O/c1-11(8-16-4)15(3)12(9-13)6-5-7-14(2)10-12/h11H,5-10,13H2,1-4H3. The molecule has 0 aromatic heterocycles. The van der Waals surface area contributed by atoms with Crippen molar-refractivity contribution in [1.82, 2.24) is 9.80 Å². The summed E-state index contributed by atoms with van der Waals surface area (Å²) >= 11 is 0. The normalized spacial score (nSPS) is 29.6. The van der Waals surface area contributed by atoms with Crippen LogP contribution in [-0.4, -0.2) is 68.8 Å². The summed E-state index contributed by atoms with van der Waals surface area (Å²) in [5.74, 6) is 0. The number of likely N-dealkylation sites (tertiary alicyclic amines) is 1. The van der Waals surface area contributed by atoms with Crippen LogP contribution in [0.15, 0.2) is 0 Å². The van der Waals surface area contributed by atoms with E-state index in [0.29, 0.717) is 6.04 Å². The van der Waals surface area contributed by atoms with E-state index in [1.54, 1.807) is 7.11 Å². The van der Waals surface area contributed by atoms with Gasteiger partial charge in [-0.05, 0) is 40.4 Å². The molecule has 0 amide bonds. The van der Waals surface area contributed by atoms with Crippen molar-refractivity contribution < 1.29 is 4.74 Å². The first kappa shape index (κ1) is 13.9. The molecule has 0 aromatic carbocycles. The van der Waals surface area contributed by atoms with Crippen LogP contribution >= 0.6 is 0 Å². The van der Waals surface area contributed by atoms with Gasteiger partial charge in [0.05, 0.1) is 6.61 Å². The van der Waals surface area contributed by atoms with Crippen LogP contribution in [0.25, 0.3) is 0 Å². The lowest BCUT2D eigenvalue weighted by molar-refractivity contribution is -0.00357. The first-order valence-electron chi connectivity index (χ1n) is 6.16. The molecule has 16 heavy (non-hydrogen) atoms. The van der Waals surface area contributed by atoms with E-state index in [0.717, 1.165) is 19.7 Å². The molecule has 0 aromatic rings. The minimum absolute atomic E-state index is 0.130. The summed E-state index contributed by atoms with van der Waals surface area (Å²) in [6.07, 6.45) is 2.43. The second kappa shape index (κ2) is 5.96. The topological polar surface area (TPSA) is 41.7 Å². The Labute approximate surface area is 99.7 Å². The largest absolute Gasteiger partial charge is 0.383 e. The average molecular weight is 229 g/mol. The summed E-state index contributed by atoms with van der Waals surface area (Å²) < 4.78 is 5.24. The van der Waals surface area contributed by atoms with Crippen LogP contribution < -0.4 is 5.73 Å². The van der Waals surface area contributed by atoms with Gasteiger partial charge < -0.3 is 15.4 Å². The highest BCUT2D eigenvalue weighted by molar-refractivity contribution is 4.97. The molecule has 4 nitrogen and oxygen atoms in total. The lowest BCUT2D eigenvalue weighted by atomic mass is 9.86. The Morgan fingerprint density at radius 2 is 2.25 bits per heavy atom. The van der Waals surface area contributed by atoms with Gasteiger partial charge in [0.1, 0.15) is 0 Å². The van der Waals surface area contributed by atoms with E-state index in [-0.39, 0.29) is 5.54 Å². The van der Waals surface area contributed by atoms with E-state index in [4.69, 9.17) is 10.5 Å². The van der Waals surface area contributed by atoms with Crippen molar-refractivity contribution >= 4 is 0 Å². The van der Waals surface area contributed by atoms with E-state index in [1.165, 1.54) is 19.4 Å². The number of piperidine rings is 1. The fourth-order valence-electron chi connectivity index (χ4n) is 2.76.